The van der Waals surface area contributed by atoms with E-state index in [1.165, 1.54) is 6.26 Å². The van der Waals surface area contributed by atoms with Crippen LogP contribution in [-0.4, -0.2) is 13.0 Å². The lowest BCUT2D eigenvalue weighted by Gasteiger charge is -1.97. The fourth-order valence-electron chi connectivity index (χ4n) is 1.33. The zero-order valence-corrected chi connectivity index (χ0v) is 7.61. The van der Waals surface area contributed by atoms with Crippen LogP contribution in [0, 0.1) is 0 Å². The summed E-state index contributed by atoms with van der Waals surface area (Å²) in [7, 11) is 1.57. The third-order valence-electron chi connectivity index (χ3n) is 2.05. The summed E-state index contributed by atoms with van der Waals surface area (Å²) < 4.78 is 10.2. The van der Waals surface area contributed by atoms with Crippen LogP contribution < -0.4 is 10.5 Å². The molecule has 14 heavy (non-hydrogen) atoms. The Morgan fingerprint density at radius 3 is 2.93 bits per heavy atom. The number of furan rings is 1. The Balaban J connectivity index is 2.65. The second-order valence-corrected chi connectivity index (χ2v) is 2.88. The van der Waals surface area contributed by atoms with Crippen molar-refractivity contribution < 1.29 is 13.9 Å². The molecule has 1 aromatic carbocycles. The molecule has 0 aliphatic rings. The van der Waals surface area contributed by atoms with Crippen LogP contribution in [0.15, 0.2) is 28.9 Å². The zero-order valence-electron chi connectivity index (χ0n) is 7.61. The van der Waals surface area contributed by atoms with Crippen molar-refractivity contribution in [3.05, 3.63) is 30.0 Å². The number of hydrogen-bond acceptors (Lipinski definition) is 3. The van der Waals surface area contributed by atoms with E-state index in [4.69, 9.17) is 14.9 Å². The van der Waals surface area contributed by atoms with Gasteiger partial charge in [-0.05, 0) is 12.1 Å². The Morgan fingerprint density at radius 2 is 2.29 bits per heavy atom. The molecule has 1 heterocycles. The number of amides is 1. The Kier molecular flexibility index (Phi) is 1.89. The van der Waals surface area contributed by atoms with Crippen LogP contribution in [0.2, 0.25) is 0 Å². The first-order valence-electron chi connectivity index (χ1n) is 4.07. The van der Waals surface area contributed by atoms with Crippen molar-refractivity contribution in [2.75, 3.05) is 7.11 Å². The van der Waals surface area contributed by atoms with Gasteiger partial charge in [-0.3, -0.25) is 4.79 Å². The summed E-state index contributed by atoms with van der Waals surface area (Å²) >= 11 is 0. The van der Waals surface area contributed by atoms with Crippen molar-refractivity contribution in [3.63, 3.8) is 0 Å². The number of rotatable bonds is 2. The van der Waals surface area contributed by atoms with Crippen LogP contribution in [0.3, 0.4) is 0 Å². The molecule has 0 aliphatic heterocycles. The number of nitrogens with two attached hydrogens (primary N) is 1. The van der Waals surface area contributed by atoms with E-state index in [0.717, 1.165) is 0 Å². The fourth-order valence-corrected chi connectivity index (χ4v) is 1.33. The van der Waals surface area contributed by atoms with Gasteiger partial charge in [0.15, 0.2) is 0 Å². The lowest BCUT2D eigenvalue weighted by Crippen LogP contribution is -2.09. The second-order valence-electron chi connectivity index (χ2n) is 2.88. The van der Waals surface area contributed by atoms with E-state index in [2.05, 4.69) is 0 Å². The third-order valence-corrected chi connectivity index (χ3v) is 2.05. The number of carbonyl (C=O) groups excluding carboxylic acids is 1. The molecular formula is C10H9NO3. The van der Waals surface area contributed by atoms with Gasteiger partial charge in [-0.2, -0.15) is 0 Å². The topological polar surface area (TPSA) is 65.5 Å². The molecule has 0 fully saturated rings. The van der Waals surface area contributed by atoms with E-state index in [1.807, 2.05) is 0 Å². The van der Waals surface area contributed by atoms with Gasteiger partial charge in [0.2, 0.25) is 0 Å². The van der Waals surface area contributed by atoms with E-state index in [-0.39, 0.29) is 0 Å². The van der Waals surface area contributed by atoms with Gasteiger partial charge < -0.3 is 14.9 Å². The molecule has 0 unspecified atom stereocenters. The third kappa shape index (κ3) is 1.21. The van der Waals surface area contributed by atoms with Crippen LogP contribution in [-0.2, 0) is 0 Å². The predicted molar refractivity (Wildman–Crippen MR) is 51.3 cm³/mol. The minimum absolute atomic E-state index is 0.391. The highest BCUT2D eigenvalue weighted by Gasteiger charge is 2.10. The Morgan fingerprint density at radius 1 is 1.50 bits per heavy atom. The SMILES string of the molecule is COc1ccc2c(C(N)=O)coc2c1. The molecule has 0 atom stereocenters. The molecular weight excluding hydrogens is 182 g/mol. The lowest BCUT2D eigenvalue weighted by atomic mass is 10.1. The molecule has 0 saturated carbocycles. The molecule has 1 aromatic heterocycles. The van der Waals surface area contributed by atoms with Gasteiger partial charge in [0, 0.05) is 11.5 Å². The van der Waals surface area contributed by atoms with Gasteiger partial charge >= 0.3 is 0 Å². The number of primary amides is 1. The number of methoxy groups -OCH3 is 1. The first kappa shape index (κ1) is 8.62. The zero-order chi connectivity index (χ0) is 10.1. The van der Waals surface area contributed by atoms with Crippen LogP contribution in [0.1, 0.15) is 10.4 Å². The first-order chi connectivity index (χ1) is 6.72. The van der Waals surface area contributed by atoms with Gasteiger partial charge in [0.1, 0.15) is 17.6 Å². The van der Waals surface area contributed by atoms with Gasteiger partial charge in [-0.25, -0.2) is 0 Å². The lowest BCUT2D eigenvalue weighted by molar-refractivity contribution is 0.100. The van der Waals surface area contributed by atoms with Crippen molar-refractivity contribution in [2.45, 2.75) is 0 Å². The van der Waals surface area contributed by atoms with Gasteiger partial charge in [0.05, 0.1) is 12.7 Å². The quantitative estimate of drug-likeness (QED) is 0.782. The number of carbonyl (C=O) groups is 1. The molecule has 72 valence electrons. The van der Waals surface area contributed by atoms with Gasteiger partial charge in [0.25, 0.3) is 5.91 Å². The largest absolute Gasteiger partial charge is 0.497 e. The molecule has 0 saturated heterocycles. The highest BCUT2D eigenvalue weighted by atomic mass is 16.5. The number of fused-ring (bicyclic) bond motifs is 1. The molecule has 2 aromatic rings. The molecule has 0 spiro atoms. The van der Waals surface area contributed by atoms with Crippen molar-refractivity contribution in [1.82, 2.24) is 0 Å². The van der Waals surface area contributed by atoms with Crippen LogP contribution in [0.4, 0.5) is 0 Å². The summed E-state index contributed by atoms with van der Waals surface area (Å²) in [6, 6.07) is 5.21. The van der Waals surface area contributed by atoms with Crippen molar-refractivity contribution in [2.24, 2.45) is 5.73 Å². The number of hydrogen-bond donors (Lipinski definition) is 1. The molecule has 1 amide bonds. The molecule has 0 bridgehead atoms. The Labute approximate surface area is 80.3 Å². The molecule has 4 heteroatoms. The summed E-state index contributed by atoms with van der Waals surface area (Å²) in [6.07, 6.45) is 1.35. The van der Waals surface area contributed by atoms with Crippen molar-refractivity contribution >= 4 is 16.9 Å². The standard InChI is InChI=1S/C10H9NO3/c1-13-6-2-3-7-8(10(11)12)5-14-9(7)4-6/h2-5H,1H3,(H2,11,12). The summed E-state index contributed by atoms with van der Waals surface area (Å²) in [5.74, 6) is 0.191. The average molecular weight is 191 g/mol. The van der Waals surface area contributed by atoms with Gasteiger partial charge in [-0.15, -0.1) is 0 Å². The fraction of sp³-hybridized carbons (Fsp3) is 0.100. The predicted octanol–water partition coefficient (Wildman–Crippen LogP) is 1.54. The Hall–Kier alpha value is -1.97. The number of ether oxygens (including phenoxy) is 1. The average Bonchev–Trinajstić information content (AvgIpc) is 2.59. The molecule has 0 radical (unpaired) electrons. The van der Waals surface area contributed by atoms with E-state index < -0.39 is 5.91 Å². The molecule has 4 nitrogen and oxygen atoms in total. The van der Waals surface area contributed by atoms with Crippen LogP contribution in [0.5, 0.6) is 5.75 Å². The summed E-state index contributed by atoms with van der Waals surface area (Å²) in [4.78, 5) is 11.0. The minimum Gasteiger partial charge on any atom is -0.497 e. The normalized spacial score (nSPS) is 10.4. The minimum atomic E-state index is -0.492. The van der Waals surface area contributed by atoms with E-state index in [1.54, 1.807) is 25.3 Å². The van der Waals surface area contributed by atoms with E-state index in [0.29, 0.717) is 22.3 Å². The number of benzene rings is 1. The Bertz CT molecular complexity index is 487. The molecule has 0 aliphatic carbocycles. The first-order valence-corrected chi connectivity index (χ1v) is 4.07. The highest BCUT2D eigenvalue weighted by molar-refractivity contribution is 6.05. The maximum Gasteiger partial charge on any atom is 0.252 e. The van der Waals surface area contributed by atoms with Crippen molar-refractivity contribution in [1.29, 1.82) is 0 Å². The summed E-state index contributed by atoms with van der Waals surface area (Å²) in [5, 5.41) is 0.707. The molecule has 2 N–H and O–H groups in total. The summed E-state index contributed by atoms with van der Waals surface area (Å²) in [5.41, 5.74) is 6.15. The van der Waals surface area contributed by atoms with E-state index >= 15 is 0 Å². The van der Waals surface area contributed by atoms with Crippen molar-refractivity contribution in [3.8, 4) is 5.75 Å². The van der Waals surface area contributed by atoms with Crippen LogP contribution >= 0.6 is 0 Å². The second kappa shape index (κ2) is 3.06. The monoisotopic (exact) mass is 191 g/mol. The van der Waals surface area contributed by atoms with Crippen LogP contribution in [0.25, 0.3) is 11.0 Å². The molecule has 2 rings (SSSR count). The highest BCUT2D eigenvalue weighted by Crippen LogP contribution is 2.24. The van der Waals surface area contributed by atoms with E-state index in [9.17, 15) is 4.79 Å². The summed E-state index contributed by atoms with van der Waals surface area (Å²) in [6.45, 7) is 0. The maximum atomic E-state index is 11.0. The smallest absolute Gasteiger partial charge is 0.252 e. The maximum absolute atomic E-state index is 11.0. The van der Waals surface area contributed by atoms with Gasteiger partial charge in [-0.1, -0.05) is 0 Å².